The lowest BCUT2D eigenvalue weighted by molar-refractivity contribution is -0.134. The minimum Gasteiger partial charge on any atom is -0.508 e. The summed E-state index contributed by atoms with van der Waals surface area (Å²) in [6.45, 7) is 0.885. The van der Waals surface area contributed by atoms with E-state index in [0.29, 0.717) is 11.1 Å². The molecule has 0 spiro atoms. The number of alkyl halides is 2. The highest BCUT2D eigenvalue weighted by molar-refractivity contribution is 5.98. The summed E-state index contributed by atoms with van der Waals surface area (Å²) in [6.07, 6.45) is -3.14. The quantitative estimate of drug-likeness (QED) is 0.280. The lowest BCUT2D eigenvalue weighted by atomic mass is 9.92. The van der Waals surface area contributed by atoms with E-state index in [2.05, 4.69) is 29.0 Å². The molecule has 0 heterocycles. The third-order valence-electron chi connectivity index (χ3n) is 4.23. The Morgan fingerprint density at radius 1 is 1.00 bits per heavy atom. The highest BCUT2D eigenvalue weighted by Crippen LogP contribution is 2.18. The molecule has 2 rings (SSSR count). The van der Waals surface area contributed by atoms with Gasteiger partial charge in [0.1, 0.15) is 17.3 Å². The number of hydroxylamine groups is 1. The number of amides is 2. The monoisotopic (exact) mass is 427 g/mol. The first-order chi connectivity index (χ1) is 14.6. The number of carbonyl (C=O) groups is 2. The van der Waals surface area contributed by atoms with Gasteiger partial charge in [-0.15, -0.1) is 0 Å². The van der Waals surface area contributed by atoms with Gasteiger partial charge in [0.05, 0.1) is 0 Å². The van der Waals surface area contributed by atoms with Crippen LogP contribution in [0.4, 0.5) is 8.78 Å². The maximum atomic E-state index is 13.2. The zero-order valence-electron chi connectivity index (χ0n) is 16.3. The Kier molecular flexibility index (Phi) is 7.70. The van der Waals surface area contributed by atoms with E-state index in [9.17, 15) is 23.5 Å². The van der Waals surface area contributed by atoms with Crippen molar-refractivity contribution in [1.82, 2.24) is 10.8 Å². The molecule has 0 aromatic heterocycles. The molecule has 2 aromatic rings. The molecular weight excluding hydrogens is 408 g/mol. The maximum absolute atomic E-state index is 13.2. The first kappa shape index (κ1) is 23.4. The Morgan fingerprint density at radius 2 is 1.48 bits per heavy atom. The summed E-state index contributed by atoms with van der Waals surface area (Å²) in [6, 6.07) is 10.2. The molecule has 2 amide bonds. The number of aromatic hydroxyl groups is 1. The smallest absolute Gasteiger partial charge is 0.268 e. The number of carbonyl (C=O) groups excluding carboxylic acids is 2. The van der Waals surface area contributed by atoms with Crippen LogP contribution >= 0.6 is 0 Å². The number of hydrogen-bond donors (Lipinski definition) is 5. The molecule has 0 aliphatic heterocycles. The topological polar surface area (TPSA) is 125 Å². The van der Waals surface area contributed by atoms with Crippen LogP contribution in [0.3, 0.4) is 0 Å². The van der Waals surface area contributed by atoms with E-state index in [1.54, 1.807) is 12.1 Å². The molecule has 31 heavy (non-hydrogen) atoms. The van der Waals surface area contributed by atoms with Gasteiger partial charge < -0.3 is 16.2 Å². The van der Waals surface area contributed by atoms with Crippen LogP contribution in [-0.4, -0.2) is 40.1 Å². The molecule has 2 aromatic carbocycles. The molecule has 1 unspecified atom stereocenters. The van der Waals surface area contributed by atoms with E-state index >= 15 is 0 Å². The Labute approximate surface area is 177 Å². The molecule has 0 fully saturated rings. The number of halogens is 2. The predicted octanol–water partition coefficient (Wildman–Crippen LogP) is 1.38. The van der Waals surface area contributed by atoms with Crippen molar-refractivity contribution >= 4 is 11.8 Å². The van der Waals surface area contributed by atoms with Gasteiger partial charge in [-0.05, 0) is 67.3 Å². The van der Waals surface area contributed by atoms with E-state index < -0.39 is 29.8 Å². The van der Waals surface area contributed by atoms with Gasteiger partial charge in [-0.1, -0.05) is 11.8 Å². The van der Waals surface area contributed by atoms with Crippen molar-refractivity contribution in [3.05, 3.63) is 65.2 Å². The minimum absolute atomic E-state index is 0.0709. The summed E-state index contributed by atoms with van der Waals surface area (Å²) in [5, 5.41) is 20.1. The second-order valence-corrected chi connectivity index (χ2v) is 6.67. The Hall–Kier alpha value is -3.92. The van der Waals surface area contributed by atoms with Crippen molar-refractivity contribution < 1.29 is 28.7 Å². The van der Waals surface area contributed by atoms with Gasteiger partial charge in [0.15, 0.2) is 0 Å². The molecule has 7 nitrogen and oxygen atoms in total. The molecule has 0 aliphatic rings. The highest BCUT2D eigenvalue weighted by atomic mass is 19.3. The lowest BCUT2D eigenvalue weighted by Gasteiger charge is -2.32. The molecule has 0 aliphatic carbocycles. The van der Waals surface area contributed by atoms with E-state index in [1.165, 1.54) is 41.9 Å². The average Bonchev–Trinajstić information content (AvgIpc) is 2.75. The van der Waals surface area contributed by atoms with Crippen LogP contribution in [0.15, 0.2) is 48.5 Å². The van der Waals surface area contributed by atoms with Crippen LogP contribution in [0.1, 0.15) is 28.4 Å². The van der Waals surface area contributed by atoms with Crippen LogP contribution in [0, 0.1) is 23.7 Å². The number of nitrogens with two attached hydrogens (primary N) is 1. The van der Waals surface area contributed by atoms with E-state index in [0.717, 1.165) is 6.92 Å². The first-order valence-corrected chi connectivity index (χ1v) is 8.88. The molecule has 0 bridgehead atoms. The van der Waals surface area contributed by atoms with E-state index in [-0.39, 0.29) is 11.3 Å². The van der Waals surface area contributed by atoms with E-state index in [4.69, 9.17) is 10.9 Å². The number of nitrogens with one attached hydrogen (secondary N) is 2. The Bertz CT molecular complexity index is 1060. The summed E-state index contributed by atoms with van der Waals surface area (Å²) in [5.41, 5.74) is 5.57. The van der Waals surface area contributed by atoms with Crippen molar-refractivity contribution in [2.45, 2.75) is 24.9 Å². The number of rotatable bonds is 5. The van der Waals surface area contributed by atoms with Gasteiger partial charge >= 0.3 is 0 Å². The molecule has 0 radical (unpaired) electrons. The lowest BCUT2D eigenvalue weighted by Crippen LogP contribution is -2.66. The van der Waals surface area contributed by atoms with Gasteiger partial charge in [0.25, 0.3) is 18.2 Å². The molecule has 2 atom stereocenters. The SMILES string of the molecule is CC(N)(C(F)F)[C@H](NC(=O)c1ccc(C#CC#Cc2ccc(O)cc2)cc1)C(=O)NO. The molecule has 6 N–H and O–H groups in total. The zero-order chi connectivity index (χ0) is 23.0. The number of phenols is 1. The highest BCUT2D eigenvalue weighted by Gasteiger charge is 2.44. The normalized spacial score (nSPS) is 13.0. The molecular formula is C22H19F2N3O4. The fourth-order valence-electron chi connectivity index (χ4n) is 2.37. The number of hydrogen-bond acceptors (Lipinski definition) is 5. The Balaban J connectivity index is 2.10. The second-order valence-electron chi connectivity index (χ2n) is 6.67. The van der Waals surface area contributed by atoms with Crippen LogP contribution in [0.2, 0.25) is 0 Å². The van der Waals surface area contributed by atoms with Gasteiger partial charge in [0.2, 0.25) is 0 Å². The van der Waals surface area contributed by atoms with Crippen molar-refractivity contribution in [1.29, 1.82) is 0 Å². The summed E-state index contributed by atoms with van der Waals surface area (Å²) < 4.78 is 26.3. The van der Waals surface area contributed by atoms with Crippen molar-refractivity contribution in [3.63, 3.8) is 0 Å². The summed E-state index contributed by atoms with van der Waals surface area (Å²) >= 11 is 0. The summed E-state index contributed by atoms with van der Waals surface area (Å²) in [4.78, 5) is 24.1. The van der Waals surface area contributed by atoms with Gasteiger partial charge in [-0.25, -0.2) is 14.3 Å². The molecule has 0 saturated carbocycles. The number of phenolic OH excluding ortho intramolecular Hbond substituents is 1. The van der Waals surface area contributed by atoms with Crippen molar-refractivity contribution in [3.8, 4) is 29.4 Å². The Morgan fingerprint density at radius 3 is 1.94 bits per heavy atom. The largest absolute Gasteiger partial charge is 0.508 e. The fourth-order valence-corrected chi connectivity index (χ4v) is 2.37. The first-order valence-electron chi connectivity index (χ1n) is 8.88. The summed E-state index contributed by atoms with van der Waals surface area (Å²) in [7, 11) is 0. The van der Waals surface area contributed by atoms with Crippen LogP contribution in [0.25, 0.3) is 0 Å². The maximum Gasteiger partial charge on any atom is 0.268 e. The van der Waals surface area contributed by atoms with Crippen LogP contribution < -0.4 is 16.5 Å². The van der Waals surface area contributed by atoms with Gasteiger partial charge in [0, 0.05) is 16.7 Å². The van der Waals surface area contributed by atoms with E-state index in [1.807, 2.05) is 0 Å². The third-order valence-corrected chi connectivity index (χ3v) is 4.23. The summed E-state index contributed by atoms with van der Waals surface area (Å²) in [5.74, 6) is 8.91. The molecule has 9 heteroatoms. The van der Waals surface area contributed by atoms with Crippen molar-refractivity contribution in [2.24, 2.45) is 5.73 Å². The standard InChI is InChI=1S/C22H19F2N3O4/c1-22(25,21(23)24)18(20(30)27-31)26-19(29)16-10-6-14(7-11-16)4-2-3-5-15-8-12-17(28)13-9-15/h6-13,18,21,28,31H,25H2,1H3,(H,26,29)(H,27,30)/t18-,22?/m1/s1. The average molecular weight is 427 g/mol. The molecule has 160 valence electrons. The number of benzene rings is 2. The zero-order valence-corrected chi connectivity index (χ0v) is 16.3. The molecule has 0 saturated heterocycles. The van der Waals surface area contributed by atoms with Crippen molar-refractivity contribution in [2.75, 3.05) is 0 Å². The third kappa shape index (κ3) is 6.28. The predicted molar refractivity (Wildman–Crippen MR) is 108 cm³/mol. The minimum atomic E-state index is -3.14. The van der Waals surface area contributed by atoms with Gasteiger partial charge in [-0.2, -0.15) is 0 Å². The van der Waals surface area contributed by atoms with Crippen LogP contribution in [-0.2, 0) is 4.79 Å². The fraction of sp³-hybridized carbons (Fsp3) is 0.182. The van der Waals surface area contributed by atoms with Gasteiger partial charge in [-0.3, -0.25) is 14.8 Å². The van der Waals surface area contributed by atoms with Crippen LogP contribution in [0.5, 0.6) is 5.75 Å². The second kappa shape index (κ2) is 10.2.